The van der Waals surface area contributed by atoms with Gasteiger partial charge in [0.05, 0.1) is 13.7 Å². The summed E-state index contributed by atoms with van der Waals surface area (Å²) in [5, 5.41) is 2.26. The second-order valence-electron chi connectivity index (χ2n) is 4.92. The molecule has 0 bridgehead atoms. The van der Waals surface area contributed by atoms with E-state index in [0.29, 0.717) is 9.95 Å². The van der Waals surface area contributed by atoms with E-state index in [1.807, 2.05) is 30.3 Å². The predicted octanol–water partition coefficient (Wildman–Crippen LogP) is 4.28. The standard InChI is InChI=1S/C16H19N3O4S3/c1-11(14(20)23-10-6-9-18-19-17)25-16(24)26-13(15(21)22-2)12-7-4-3-5-8-12/h3-5,7-8,11,13H,6,9-10H2,1-2H3. The average Bonchev–Trinajstić information content (AvgIpc) is 2.65. The normalized spacial score (nSPS) is 12.4. The Morgan fingerprint density at radius 3 is 2.58 bits per heavy atom. The third-order valence-electron chi connectivity index (χ3n) is 3.05. The number of esters is 2. The number of methoxy groups -OCH3 is 1. The molecule has 0 aliphatic carbocycles. The van der Waals surface area contributed by atoms with E-state index in [4.69, 9.17) is 27.2 Å². The van der Waals surface area contributed by atoms with Crippen molar-refractivity contribution in [2.45, 2.75) is 23.8 Å². The molecule has 1 aromatic carbocycles. The Balaban J connectivity index is 2.55. The molecule has 1 rings (SSSR count). The molecule has 0 radical (unpaired) electrons. The van der Waals surface area contributed by atoms with Crippen LogP contribution in [0.1, 0.15) is 24.2 Å². The molecule has 7 nitrogen and oxygen atoms in total. The number of thioether (sulfide) groups is 2. The van der Waals surface area contributed by atoms with E-state index < -0.39 is 22.4 Å². The van der Waals surface area contributed by atoms with E-state index >= 15 is 0 Å². The fraction of sp³-hybridized carbons (Fsp3) is 0.438. The zero-order valence-corrected chi connectivity index (χ0v) is 16.8. The van der Waals surface area contributed by atoms with Gasteiger partial charge >= 0.3 is 11.9 Å². The summed E-state index contributed by atoms with van der Waals surface area (Å²) < 4.78 is 10.4. The lowest BCUT2D eigenvalue weighted by Gasteiger charge is -2.16. The van der Waals surface area contributed by atoms with Crippen molar-refractivity contribution in [1.29, 1.82) is 0 Å². The fourth-order valence-electron chi connectivity index (χ4n) is 1.77. The predicted molar refractivity (Wildman–Crippen MR) is 108 cm³/mol. The molecular formula is C16H19N3O4S3. The molecule has 0 amide bonds. The molecule has 140 valence electrons. The quantitative estimate of drug-likeness (QED) is 0.149. The van der Waals surface area contributed by atoms with Gasteiger partial charge in [0.2, 0.25) is 0 Å². The van der Waals surface area contributed by atoms with Gasteiger partial charge in [-0.3, -0.25) is 9.59 Å². The minimum atomic E-state index is -0.590. The van der Waals surface area contributed by atoms with Crippen LogP contribution in [0.5, 0.6) is 0 Å². The molecule has 0 spiro atoms. The highest BCUT2D eigenvalue weighted by molar-refractivity contribution is 8.47. The van der Waals surface area contributed by atoms with Crippen molar-refractivity contribution < 1.29 is 19.1 Å². The molecule has 1 aromatic rings. The topological polar surface area (TPSA) is 101 Å². The largest absolute Gasteiger partial charge is 0.468 e. The monoisotopic (exact) mass is 413 g/mol. The third-order valence-corrected chi connectivity index (χ3v) is 5.83. The van der Waals surface area contributed by atoms with Gasteiger partial charge < -0.3 is 9.47 Å². The van der Waals surface area contributed by atoms with Crippen molar-refractivity contribution in [2.75, 3.05) is 20.3 Å². The zero-order chi connectivity index (χ0) is 19.4. The first kappa shape index (κ1) is 22.3. The Morgan fingerprint density at radius 2 is 1.96 bits per heavy atom. The van der Waals surface area contributed by atoms with Gasteiger partial charge in [-0.2, -0.15) is 0 Å². The lowest BCUT2D eigenvalue weighted by Crippen LogP contribution is -2.19. The summed E-state index contributed by atoms with van der Waals surface area (Å²) in [6, 6.07) is 9.17. The molecule has 0 saturated heterocycles. The number of carbonyl (C=O) groups is 2. The second kappa shape index (κ2) is 12.6. The number of hydrogen-bond donors (Lipinski definition) is 0. The van der Waals surface area contributed by atoms with Crippen LogP contribution in [0.25, 0.3) is 10.4 Å². The van der Waals surface area contributed by atoms with E-state index in [-0.39, 0.29) is 13.2 Å². The molecule has 2 unspecified atom stereocenters. The average molecular weight is 414 g/mol. The third kappa shape index (κ3) is 8.09. The number of azide groups is 1. The molecule has 0 saturated carbocycles. The summed E-state index contributed by atoms with van der Waals surface area (Å²) in [5.74, 6) is -0.814. The summed E-state index contributed by atoms with van der Waals surface area (Å²) in [6.07, 6.45) is 0.463. The molecule has 0 N–H and O–H groups in total. The van der Waals surface area contributed by atoms with Crippen LogP contribution in [0.2, 0.25) is 0 Å². The van der Waals surface area contributed by atoms with Crippen molar-refractivity contribution in [2.24, 2.45) is 5.11 Å². The maximum atomic E-state index is 12.1. The lowest BCUT2D eigenvalue weighted by atomic mass is 10.1. The highest BCUT2D eigenvalue weighted by atomic mass is 32.2. The van der Waals surface area contributed by atoms with Gasteiger partial charge in [-0.25, -0.2) is 0 Å². The molecule has 0 aliphatic heterocycles. The van der Waals surface area contributed by atoms with Crippen LogP contribution in [0.3, 0.4) is 0 Å². The van der Waals surface area contributed by atoms with Crippen LogP contribution in [0.15, 0.2) is 35.4 Å². The highest BCUT2D eigenvalue weighted by Crippen LogP contribution is 2.36. The van der Waals surface area contributed by atoms with Crippen molar-refractivity contribution >= 4 is 51.2 Å². The number of ether oxygens (including phenoxy) is 2. The van der Waals surface area contributed by atoms with E-state index in [1.54, 1.807) is 6.92 Å². The van der Waals surface area contributed by atoms with Crippen LogP contribution < -0.4 is 0 Å². The number of hydrogen-bond acceptors (Lipinski definition) is 8. The maximum Gasteiger partial charge on any atom is 0.323 e. The van der Waals surface area contributed by atoms with Gasteiger partial charge in [-0.05, 0) is 24.4 Å². The molecule has 2 atom stereocenters. The van der Waals surface area contributed by atoms with Gasteiger partial charge in [0.1, 0.15) is 14.0 Å². The minimum absolute atomic E-state index is 0.178. The Hall–Kier alpha value is -1.74. The zero-order valence-electron chi connectivity index (χ0n) is 14.4. The summed E-state index contributed by atoms with van der Waals surface area (Å²) in [7, 11) is 1.32. The van der Waals surface area contributed by atoms with Gasteiger partial charge in [-0.15, -0.1) is 0 Å². The van der Waals surface area contributed by atoms with Gasteiger partial charge in [0, 0.05) is 11.5 Å². The molecule has 0 aliphatic rings. The van der Waals surface area contributed by atoms with E-state index in [9.17, 15) is 9.59 Å². The lowest BCUT2D eigenvalue weighted by molar-refractivity contribution is -0.142. The van der Waals surface area contributed by atoms with Crippen molar-refractivity contribution in [3.05, 3.63) is 46.3 Å². The number of benzene rings is 1. The second-order valence-corrected chi connectivity index (χ2v) is 8.57. The number of rotatable bonds is 9. The number of nitrogens with zero attached hydrogens (tertiary/aromatic N) is 3. The van der Waals surface area contributed by atoms with Gasteiger partial charge in [-0.1, -0.05) is 71.2 Å². The molecular weight excluding hydrogens is 394 g/mol. The molecule has 0 heterocycles. The molecule has 0 aromatic heterocycles. The maximum absolute atomic E-state index is 12.1. The first-order chi connectivity index (χ1) is 12.5. The Bertz CT molecular complexity index is 666. The van der Waals surface area contributed by atoms with Crippen LogP contribution in [-0.4, -0.2) is 41.0 Å². The first-order valence-corrected chi connectivity index (χ1v) is 9.84. The van der Waals surface area contributed by atoms with Crippen LogP contribution in [0.4, 0.5) is 0 Å². The number of thiocarbonyl (C=S) groups is 1. The molecule has 10 heteroatoms. The van der Waals surface area contributed by atoms with Crippen molar-refractivity contribution in [3.63, 3.8) is 0 Å². The van der Waals surface area contributed by atoms with E-state index in [2.05, 4.69) is 10.0 Å². The summed E-state index contributed by atoms with van der Waals surface area (Å²) >= 11 is 7.64. The fourth-order valence-corrected chi connectivity index (χ4v) is 4.57. The molecule has 0 fully saturated rings. The van der Waals surface area contributed by atoms with E-state index in [0.717, 1.165) is 17.3 Å². The SMILES string of the molecule is COC(=O)C(SC(=S)SC(C)C(=O)OCCCN=[N+]=[N-])c1ccccc1. The van der Waals surface area contributed by atoms with Crippen LogP contribution in [0, 0.1) is 0 Å². The van der Waals surface area contributed by atoms with E-state index in [1.165, 1.54) is 18.9 Å². The summed E-state index contributed by atoms with van der Waals surface area (Å²) in [6.45, 7) is 2.14. The summed E-state index contributed by atoms with van der Waals surface area (Å²) in [4.78, 5) is 26.6. The van der Waals surface area contributed by atoms with Crippen molar-refractivity contribution in [1.82, 2.24) is 0 Å². The Kier molecular flexibility index (Phi) is 10.8. The van der Waals surface area contributed by atoms with Gasteiger partial charge in [0.25, 0.3) is 0 Å². The molecule has 26 heavy (non-hydrogen) atoms. The van der Waals surface area contributed by atoms with Crippen molar-refractivity contribution in [3.8, 4) is 0 Å². The Labute approximate surface area is 165 Å². The minimum Gasteiger partial charge on any atom is -0.468 e. The first-order valence-electron chi connectivity index (χ1n) is 7.67. The van der Waals surface area contributed by atoms with Crippen LogP contribution in [-0.2, 0) is 19.1 Å². The number of carbonyl (C=O) groups excluding carboxylic acids is 2. The summed E-state index contributed by atoms with van der Waals surface area (Å²) in [5.41, 5.74) is 8.95. The van der Waals surface area contributed by atoms with Crippen LogP contribution >= 0.6 is 35.7 Å². The Morgan fingerprint density at radius 1 is 1.27 bits per heavy atom. The smallest absolute Gasteiger partial charge is 0.323 e. The van der Waals surface area contributed by atoms with Gasteiger partial charge in [0.15, 0.2) is 0 Å². The highest BCUT2D eigenvalue weighted by Gasteiger charge is 2.26.